The van der Waals surface area contributed by atoms with E-state index in [1.807, 2.05) is 0 Å². The summed E-state index contributed by atoms with van der Waals surface area (Å²) in [7, 11) is 0. The van der Waals surface area contributed by atoms with Crippen LogP contribution < -0.4 is 11.0 Å². The van der Waals surface area contributed by atoms with Crippen molar-refractivity contribution in [2.45, 2.75) is 53.5 Å². The molecule has 5 rings (SSSR count). The Bertz CT molecular complexity index is 1560. The zero-order chi connectivity index (χ0) is 25.0. The van der Waals surface area contributed by atoms with E-state index in [-0.39, 0.29) is 23.6 Å². The second-order valence-corrected chi connectivity index (χ2v) is 10.1. The lowest BCUT2D eigenvalue weighted by Crippen LogP contribution is -2.35. The normalized spacial score (nSPS) is 15.4. The van der Waals surface area contributed by atoms with Crippen molar-refractivity contribution in [3.8, 4) is 0 Å². The number of hydrogen-bond acceptors (Lipinski definition) is 8. The molecule has 1 aliphatic carbocycles. The molecule has 4 heterocycles. The zero-order valence-electron chi connectivity index (χ0n) is 19.7. The lowest BCUT2D eigenvalue weighted by atomic mass is 9.89. The van der Waals surface area contributed by atoms with Crippen LogP contribution in [0.15, 0.2) is 21.3 Å². The second-order valence-electron chi connectivity index (χ2n) is 8.97. The quantitative estimate of drug-likeness (QED) is 0.329. The Morgan fingerprint density at radius 1 is 1.34 bits per heavy atom. The first-order valence-corrected chi connectivity index (χ1v) is 12.1. The van der Waals surface area contributed by atoms with E-state index in [1.165, 1.54) is 20.3 Å². The second kappa shape index (κ2) is 8.45. The fraction of sp³-hybridized carbons (Fsp3) is 0.391. The largest absolute Gasteiger partial charge is 0.454 e. The summed E-state index contributed by atoms with van der Waals surface area (Å²) in [5.41, 5.74) is 4.01. The van der Waals surface area contributed by atoms with Gasteiger partial charge in [-0.05, 0) is 63.6 Å². The van der Waals surface area contributed by atoms with E-state index in [2.05, 4.69) is 22.4 Å². The minimum absolute atomic E-state index is 0.00333. The molecule has 1 atom stereocenters. The Labute approximate surface area is 203 Å². The minimum atomic E-state index is -0.598. The molecule has 1 amide bonds. The van der Waals surface area contributed by atoms with E-state index in [0.717, 1.165) is 24.8 Å². The van der Waals surface area contributed by atoms with Crippen molar-refractivity contribution in [3.63, 3.8) is 0 Å². The summed E-state index contributed by atoms with van der Waals surface area (Å²) < 4.78 is 8.29. The van der Waals surface area contributed by atoms with Gasteiger partial charge in [0.1, 0.15) is 27.8 Å². The minimum Gasteiger partial charge on any atom is -0.454 e. The highest BCUT2D eigenvalue weighted by Gasteiger charge is 2.25. The third-order valence-electron chi connectivity index (χ3n) is 6.43. The first-order valence-electron chi connectivity index (χ1n) is 11.3. The number of nitrogens with zero attached hydrogens (tertiary/aromatic N) is 5. The smallest absolute Gasteiger partial charge is 0.312 e. The number of carbonyl (C=O) groups excluding carboxylic acids is 1. The summed E-state index contributed by atoms with van der Waals surface area (Å²) in [6.45, 7) is 7.18. The van der Waals surface area contributed by atoms with Gasteiger partial charge in [-0.3, -0.25) is 29.8 Å². The maximum Gasteiger partial charge on any atom is 0.312 e. The number of aromatic nitrogens is 4. The van der Waals surface area contributed by atoms with E-state index in [9.17, 15) is 19.7 Å². The van der Waals surface area contributed by atoms with Gasteiger partial charge in [0, 0.05) is 4.88 Å². The summed E-state index contributed by atoms with van der Waals surface area (Å²) in [5.74, 6) is 0.758. The number of fused-ring (bicyclic) bond motifs is 3. The van der Waals surface area contributed by atoms with Crippen molar-refractivity contribution in [1.29, 1.82) is 0 Å². The highest BCUT2D eigenvalue weighted by Crippen LogP contribution is 2.35. The van der Waals surface area contributed by atoms with Crippen LogP contribution in [-0.2, 0) is 19.4 Å². The Morgan fingerprint density at radius 2 is 2.11 bits per heavy atom. The summed E-state index contributed by atoms with van der Waals surface area (Å²) in [5, 5.41) is 16.0. The number of hydrogen-bond donors (Lipinski definition) is 1. The van der Waals surface area contributed by atoms with Gasteiger partial charge in [0.05, 0.1) is 16.9 Å². The molecule has 11 nitrogen and oxygen atoms in total. The number of amides is 1. The lowest BCUT2D eigenvalue weighted by molar-refractivity contribution is -0.386. The summed E-state index contributed by atoms with van der Waals surface area (Å²) in [6, 6.07) is 3.09. The molecule has 1 unspecified atom stereocenters. The van der Waals surface area contributed by atoms with Crippen molar-refractivity contribution in [3.05, 3.63) is 71.8 Å². The lowest BCUT2D eigenvalue weighted by Gasteiger charge is -2.17. The molecule has 182 valence electrons. The van der Waals surface area contributed by atoms with Crippen LogP contribution in [0.2, 0.25) is 0 Å². The van der Waals surface area contributed by atoms with Crippen LogP contribution in [-0.4, -0.2) is 30.3 Å². The van der Waals surface area contributed by atoms with Crippen LogP contribution in [0.25, 0.3) is 10.2 Å². The highest BCUT2D eigenvalue weighted by atomic mass is 32.1. The number of nitrogens with one attached hydrogen (secondary N) is 1. The fourth-order valence-electron chi connectivity index (χ4n) is 4.62. The number of carbonyl (C=O) groups is 1. The Balaban J connectivity index is 1.40. The van der Waals surface area contributed by atoms with Crippen molar-refractivity contribution in [2.24, 2.45) is 5.92 Å². The summed E-state index contributed by atoms with van der Waals surface area (Å²) >= 11 is 1.56. The van der Waals surface area contributed by atoms with E-state index < -0.39 is 10.8 Å². The van der Waals surface area contributed by atoms with Crippen LogP contribution in [0.4, 0.5) is 5.69 Å². The third-order valence-corrected chi connectivity index (χ3v) is 7.58. The summed E-state index contributed by atoms with van der Waals surface area (Å²) in [4.78, 5) is 43.5. The van der Waals surface area contributed by atoms with Gasteiger partial charge in [-0.25, -0.2) is 9.66 Å². The molecule has 0 aliphatic heterocycles. The predicted molar refractivity (Wildman–Crippen MR) is 130 cm³/mol. The standard InChI is InChI=1S/C23H24N6O5S/c1-11-5-7-16-18(9-11)35-22-19(16)23(31)28(14(4)24-22)26-21(30)17-8-6-15(34-17)10-27-13(3)20(29(32)33)12(2)25-27/h6,8,11H,5,7,9-10H2,1-4H3,(H,26,30). The molecule has 0 bridgehead atoms. The Morgan fingerprint density at radius 3 is 2.83 bits per heavy atom. The molecule has 12 heteroatoms. The fourth-order valence-corrected chi connectivity index (χ4v) is 6.04. The number of thiophene rings is 1. The molecule has 0 saturated heterocycles. The van der Waals surface area contributed by atoms with Crippen LogP contribution in [0, 0.1) is 36.8 Å². The SMILES string of the molecule is Cc1nn(Cc2ccc(C(=O)Nn3c(C)nc4sc5c(c4c3=O)CCC(C)C5)o2)c(C)c1[N+](=O)[O-]. The average Bonchev–Trinajstić information content (AvgIpc) is 3.46. The van der Waals surface area contributed by atoms with Crippen molar-refractivity contribution in [2.75, 3.05) is 5.43 Å². The predicted octanol–water partition coefficient (Wildman–Crippen LogP) is 3.64. The maximum absolute atomic E-state index is 13.3. The summed E-state index contributed by atoms with van der Waals surface area (Å²) in [6.07, 6.45) is 2.79. The number of rotatable bonds is 5. The maximum atomic E-state index is 13.3. The van der Waals surface area contributed by atoms with Crippen LogP contribution in [0.1, 0.15) is 57.3 Å². The van der Waals surface area contributed by atoms with Gasteiger partial charge in [-0.1, -0.05) is 6.92 Å². The molecule has 1 aliphatic rings. The molecule has 35 heavy (non-hydrogen) atoms. The molecule has 0 saturated carbocycles. The molecule has 4 aromatic heterocycles. The zero-order valence-corrected chi connectivity index (χ0v) is 20.6. The van der Waals surface area contributed by atoms with E-state index in [0.29, 0.717) is 39.1 Å². The van der Waals surface area contributed by atoms with E-state index in [1.54, 1.807) is 38.2 Å². The molecular formula is C23H24N6O5S. The van der Waals surface area contributed by atoms with Crippen molar-refractivity contribution < 1.29 is 14.1 Å². The molecule has 4 aromatic rings. The van der Waals surface area contributed by atoms with Crippen molar-refractivity contribution >= 4 is 33.1 Å². The Hall–Kier alpha value is -3.80. The van der Waals surface area contributed by atoms with Gasteiger partial charge >= 0.3 is 11.6 Å². The average molecular weight is 497 g/mol. The number of aryl methyl sites for hydroxylation is 3. The molecule has 0 radical (unpaired) electrons. The van der Waals surface area contributed by atoms with Crippen LogP contribution >= 0.6 is 11.3 Å². The first kappa shape index (κ1) is 23.0. The third kappa shape index (κ3) is 3.93. The molecule has 0 fully saturated rings. The van der Waals surface area contributed by atoms with Crippen molar-refractivity contribution in [1.82, 2.24) is 19.4 Å². The molecule has 0 spiro atoms. The van der Waals surface area contributed by atoms with Gasteiger partial charge in [0.25, 0.3) is 5.56 Å². The number of furan rings is 1. The monoisotopic (exact) mass is 496 g/mol. The van der Waals surface area contributed by atoms with Gasteiger partial charge in [-0.2, -0.15) is 5.10 Å². The van der Waals surface area contributed by atoms with Gasteiger partial charge in [0.15, 0.2) is 5.76 Å². The molecule has 0 aromatic carbocycles. The molecule has 1 N–H and O–H groups in total. The van der Waals surface area contributed by atoms with Gasteiger partial charge in [0.2, 0.25) is 0 Å². The number of nitro groups is 1. The first-order chi connectivity index (χ1) is 16.6. The van der Waals surface area contributed by atoms with Gasteiger partial charge in [-0.15, -0.1) is 11.3 Å². The van der Waals surface area contributed by atoms with E-state index in [4.69, 9.17) is 4.42 Å². The van der Waals surface area contributed by atoms with Crippen LogP contribution in [0.3, 0.4) is 0 Å². The Kier molecular flexibility index (Phi) is 5.55. The van der Waals surface area contributed by atoms with Crippen LogP contribution in [0.5, 0.6) is 0 Å². The molecular weight excluding hydrogens is 472 g/mol. The van der Waals surface area contributed by atoms with Gasteiger partial charge < -0.3 is 4.42 Å². The van der Waals surface area contributed by atoms with E-state index >= 15 is 0 Å². The topological polar surface area (TPSA) is 138 Å². The highest BCUT2D eigenvalue weighted by molar-refractivity contribution is 7.18.